The zero-order valence-corrected chi connectivity index (χ0v) is 6.73. The third-order valence-corrected chi connectivity index (χ3v) is 1.62. The summed E-state index contributed by atoms with van der Waals surface area (Å²) in [5.41, 5.74) is 0. The molecule has 0 spiro atoms. The molecule has 0 bridgehead atoms. The molecule has 0 aromatic carbocycles. The van der Waals surface area contributed by atoms with Gasteiger partial charge in [0.25, 0.3) is 0 Å². The molecule has 0 rings (SSSR count). The fraction of sp³-hybridized carbons (Fsp3) is 1.00. The van der Waals surface area contributed by atoms with Crippen LogP contribution in [0.2, 0.25) is 0 Å². The Bertz CT molecular complexity index is 70.1. The second-order valence-corrected chi connectivity index (χ2v) is 2.58. The molecule has 9 heavy (non-hydrogen) atoms. The summed E-state index contributed by atoms with van der Waals surface area (Å²) in [4.78, 5) is 2.02. The lowest BCUT2D eigenvalue weighted by Crippen LogP contribution is -2.33. The Kier molecular flexibility index (Phi) is 5.15. The van der Waals surface area contributed by atoms with E-state index in [0.29, 0.717) is 5.88 Å². The standard InChI is InChI=1S/C6H14ClNO/c1-6(5-9)8(2)4-3-7/h6,9H,3-5H2,1-2H3. The van der Waals surface area contributed by atoms with E-state index in [1.807, 2.05) is 18.9 Å². The Morgan fingerprint density at radius 2 is 2.22 bits per heavy atom. The molecular formula is C6H14ClNO. The van der Waals surface area contributed by atoms with Crippen LogP contribution >= 0.6 is 11.6 Å². The van der Waals surface area contributed by atoms with Crippen molar-refractivity contribution in [3.05, 3.63) is 0 Å². The van der Waals surface area contributed by atoms with Crippen molar-refractivity contribution in [3.63, 3.8) is 0 Å². The first-order chi connectivity index (χ1) is 4.22. The van der Waals surface area contributed by atoms with Crippen molar-refractivity contribution in [2.45, 2.75) is 13.0 Å². The molecule has 1 atom stereocenters. The van der Waals surface area contributed by atoms with Gasteiger partial charge in [-0.25, -0.2) is 0 Å². The number of aliphatic hydroxyl groups is 1. The molecule has 0 radical (unpaired) electrons. The normalized spacial score (nSPS) is 14.3. The van der Waals surface area contributed by atoms with Crippen LogP contribution in [0, 0.1) is 0 Å². The zero-order valence-electron chi connectivity index (χ0n) is 5.97. The van der Waals surface area contributed by atoms with E-state index in [2.05, 4.69) is 0 Å². The van der Waals surface area contributed by atoms with Crippen molar-refractivity contribution in [1.82, 2.24) is 4.90 Å². The van der Waals surface area contributed by atoms with Crippen LogP contribution in [0.5, 0.6) is 0 Å². The van der Waals surface area contributed by atoms with Crippen LogP contribution < -0.4 is 0 Å². The van der Waals surface area contributed by atoms with Gasteiger partial charge in [-0.05, 0) is 14.0 Å². The van der Waals surface area contributed by atoms with E-state index in [1.54, 1.807) is 0 Å². The van der Waals surface area contributed by atoms with E-state index in [1.165, 1.54) is 0 Å². The number of halogens is 1. The lowest BCUT2D eigenvalue weighted by Gasteiger charge is -2.20. The molecule has 3 heteroatoms. The topological polar surface area (TPSA) is 23.5 Å². The number of alkyl halides is 1. The van der Waals surface area contributed by atoms with Gasteiger partial charge in [0.2, 0.25) is 0 Å². The fourth-order valence-electron chi connectivity index (χ4n) is 0.493. The number of nitrogens with zero attached hydrogens (tertiary/aromatic N) is 1. The summed E-state index contributed by atoms with van der Waals surface area (Å²) >= 11 is 5.47. The Labute approximate surface area is 61.4 Å². The van der Waals surface area contributed by atoms with Crippen LogP contribution in [0.3, 0.4) is 0 Å². The second-order valence-electron chi connectivity index (χ2n) is 2.20. The van der Waals surface area contributed by atoms with E-state index >= 15 is 0 Å². The van der Waals surface area contributed by atoms with Crippen LogP contribution in [-0.2, 0) is 0 Å². The van der Waals surface area contributed by atoms with E-state index < -0.39 is 0 Å². The summed E-state index contributed by atoms with van der Waals surface area (Å²) in [5.74, 6) is 0.626. The number of hydrogen-bond donors (Lipinski definition) is 1. The fourth-order valence-corrected chi connectivity index (χ4v) is 0.760. The zero-order chi connectivity index (χ0) is 7.28. The number of aliphatic hydroxyl groups excluding tert-OH is 1. The van der Waals surface area contributed by atoms with Gasteiger partial charge in [-0.1, -0.05) is 0 Å². The second kappa shape index (κ2) is 5.03. The molecule has 0 saturated carbocycles. The van der Waals surface area contributed by atoms with E-state index in [4.69, 9.17) is 16.7 Å². The van der Waals surface area contributed by atoms with Crippen molar-refractivity contribution in [3.8, 4) is 0 Å². The summed E-state index contributed by atoms with van der Waals surface area (Å²) in [6.07, 6.45) is 0. The van der Waals surface area contributed by atoms with Crippen LogP contribution in [0.4, 0.5) is 0 Å². The molecule has 1 unspecified atom stereocenters. The highest BCUT2D eigenvalue weighted by atomic mass is 35.5. The number of hydrogen-bond acceptors (Lipinski definition) is 2. The van der Waals surface area contributed by atoms with Gasteiger partial charge in [0.05, 0.1) is 6.61 Å². The molecule has 0 aromatic heterocycles. The Morgan fingerprint density at radius 1 is 1.67 bits per heavy atom. The van der Waals surface area contributed by atoms with E-state index in [9.17, 15) is 0 Å². The molecule has 0 aromatic rings. The smallest absolute Gasteiger partial charge is 0.0584 e. The molecule has 0 aliphatic rings. The summed E-state index contributed by atoms with van der Waals surface area (Å²) in [7, 11) is 1.95. The first-order valence-corrected chi connectivity index (χ1v) is 3.63. The highest BCUT2D eigenvalue weighted by Crippen LogP contribution is 1.93. The van der Waals surface area contributed by atoms with Gasteiger partial charge < -0.3 is 10.0 Å². The van der Waals surface area contributed by atoms with Crippen molar-refractivity contribution in [2.24, 2.45) is 0 Å². The van der Waals surface area contributed by atoms with Gasteiger partial charge in [-0.2, -0.15) is 0 Å². The minimum absolute atomic E-state index is 0.202. The van der Waals surface area contributed by atoms with Gasteiger partial charge in [0.15, 0.2) is 0 Å². The van der Waals surface area contributed by atoms with Crippen molar-refractivity contribution >= 4 is 11.6 Å². The van der Waals surface area contributed by atoms with Gasteiger partial charge >= 0.3 is 0 Å². The molecule has 0 aliphatic carbocycles. The lowest BCUT2D eigenvalue weighted by molar-refractivity contribution is 0.165. The Morgan fingerprint density at radius 3 is 2.56 bits per heavy atom. The number of likely N-dealkylation sites (N-methyl/N-ethyl adjacent to an activating group) is 1. The molecular weight excluding hydrogens is 138 g/mol. The van der Waals surface area contributed by atoms with Gasteiger partial charge in [-0.15, -0.1) is 11.6 Å². The molecule has 0 amide bonds. The third kappa shape index (κ3) is 3.73. The number of rotatable bonds is 4. The molecule has 1 N–H and O–H groups in total. The van der Waals surface area contributed by atoms with Crippen LogP contribution in [0.25, 0.3) is 0 Å². The average Bonchev–Trinajstić information content (AvgIpc) is 1.87. The summed E-state index contributed by atoms with van der Waals surface area (Å²) in [6, 6.07) is 0.226. The van der Waals surface area contributed by atoms with Crippen molar-refractivity contribution < 1.29 is 5.11 Å². The van der Waals surface area contributed by atoms with E-state index in [-0.39, 0.29) is 12.6 Å². The summed E-state index contributed by atoms with van der Waals surface area (Å²) in [5, 5.41) is 8.65. The Balaban J connectivity index is 3.32. The quantitative estimate of drug-likeness (QED) is 0.593. The predicted octanol–water partition coefficient (Wildman–Crippen LogP) is 0.538. The first-order valence-electron chi connectivity index (χ1n) is 3.09. The van der Waals surface area contributed by atoms with Crippen LogP contribution in [-0.4, -0.2) is 42.1 Å². The van der Waals surface area contributed by atoms with Gasteiger partial charge in [0, 0.05) is 18.5 Å². The lowest BCUT2D eigenvalue weighted by atomic mass is 10.3. The monoisotopic (exact) mass is 151 g/mol. The predicted molar refractivity (Wildman–Crippen MR) is 39.9 cm³/mol. The van der Waals surface area contributed by atoms with Crippen molar-refractivity contribution in [1.29, 1.82) is 0 Å². The average molecular weight is 152 g/mol. The molecule has 56 valence electrons. The SMILES string of the molecule is CC(CO)N(C)CCCl. The van der Waals surface area contributed by atoms with Crippen LogP contribution in [0.15, 0.2) is 0 Å². The van der Waals surface area contributed by atoms with Crippen LogP contribution in [0.1, 0.15) is 6.92 Å². The first kappa shape index (κ1) is 9.21. The maximum atomic E-state index is 8.65. The Hall–Kier alpha value is 0.210. The van der Waals surface area contributed by atoms with Gasteiger partial charge in [-0.3, -0.25) is 0 Å². The maximum absolute atomic E-state index is 8.65. The minimum atomic E-state index is 0.202. The maximum Gasteiger partial charge on any atom is 0.0584 e. The highest BCUT2D eigenvalue weighted by Gasteiger charge is 2.04. The molecule has 0 fully saturated rings. The molecule has 0 aliphatic heterocycles. The largest absolute Gasteiger partial charge is 0.395 e. The summed E-state index contributed by atoms with van der Waals surface area (Å²) < 4.78 is 0. The third-order valence-electron chi connectivity index (χ3n) is 1.45. The van der Waals surface area contributed by atoms with Gasteiger partial charge in [0.1, 0.15) is 0 Å². The molecule has 2 nitrogen and oxygen atoms in total. The molecule has 0 saturated heterocycles. The van der Waals surface area contributed by atoms with Crippen molar-refractivity contribution in [2.75, 3.05) is 26.1 Å². The summed E-state index contributed by atoms with van der Waals surface area (Å²) in [6.45, 7) is 3.00. The van der Waals surface area contributed by atoms with E-state index in [0.717, 1.165) is 6.54 Å². The minimum Gasteiger partial charge on any atom is -0.395 e. The molecule has 0 heterocycles. The highest BCUT2D eigenvalue weighted by molar-refractivity contribution is 6.18.